The summed E-state index contributed by atoms with van der Waals surface area (Å²) < 4.78 is 10.8. The molecule has 0 aromatic heterocycles. The minimum atomic E-state index is -0.550. The Balaban J connectivity index is 2.58. The second-order valence-electron chi connectivity index (χ2n) is 6.09. The molecule has 0 saturated carbocycles. The average Bonchev–Trinajstić information content (AvgIpc) is 2.60. The Labute approximate surface area is 153 Å². The van der Waals surface area contributed by atoms with Crippen molar-refractivity contribution in [2.45, 2.75) is 33.7 Å². The first-order valence-electron chi connectivity index (χ1n) is 8.37. The Kier molecular flexibility index (Phi) is 5.83. The molecule has 0 saturated heterocycles. The van der Waals surface area contributed by atoms with Crippen molar-refractivity contribution in [2.24, 2.45) is 0 Å². The molecule has 6 nitrogen and oxygen atoms in total. The number of nitriles is 1. The third-order valence-corrected chi connectivity index (χ3v) is 4.09. The maximum atomic E-state index is 12.8. The molecule has 6 heteroatoms. The van der Waals surface area contributed by atoms with Crippen molar-refractivity contribution in [2.75, 3.05) is 13.7 Å². The molecule has 26 heavy (non-hydrogen) atoms. The predicted molar refractivity (Wildman–Crippen MR) is 97.4 cm³/mol. The molecule has 1 aliphatic heterocycles. The number of ether oxygens (including phenoxy) is 2. The molecule has 0 bridgehead atoms. The van der Waals surface area contributed by atoms with E-state index in [2.05, 4.69) is 0 Å². The molecule has 0 aliphatic carbocycles. The van der Waals surface area contributed by atoms with Crippen molar-refractivity contribution in [1.82, 2.24) is 4.90 Å². The van der Waals surface area contributed by atoms with E-state index in [1.54, 1.807) is 52.2 Å². The number of rotatable bonds is 5. The molecule has 0 unspecified atom stereocenters. The highest BCUT2D eigenvalue weighted by Crippen LogP contribution is 2.32. The van der Waals surface area contributed by atoms with Gasteiger partial charge in [-0.15, -0.1) is 0 Å². The van der Waals surface area contributed by atoms with E-state index in [9.17, 15) is 14.9 Å². The van der Waals surface area contributed by atoms with Crippen LogP contribution in [-0.2, 0) is 9.59 Å². The SMILES string of the molecule is CCOc1ccc(/C=C2/C(=O)N(C(C)C)C(=O)C(C#N)=C2C)cc1OC. The van der Waals surface area contributed by atoms with Gasteiger partial charge in [0.05, 0.1) is 13.7 Å². The largest absolute Gasteiger partial charge is 0.493 e. The van der Waals surface area contributed by atoms with Crippen molar-refractivity contribution in [3.8, 4) is 17.6 Å². The monoisotopic (exact) mass is 354 g/mol. The van der Waals surface area contributed by atoms with Gasteiger partial charge in [-0.3, -0.25) is 14.5 Å². The Morgan fingerprint density at radius 2 is 1.92 bits per heavy atom. The van der Waals surface area contributed by atoms with Gasteiger partial charge in [-0.05, 0) is 57.0 Å². The summed E-state index contributed by atoms with van der Waals surface area (Å²) >= 11 is 0. The lowest BCUT2D eigenvalue weighted by atomic mass is 9.93. The van der Waals surface area contributed by atoms with Crippen molar-refractivity contribution in [3.63, 3.8) is 0 Å². The second-order valence-corrected chi connectivity index (χ2v) is 6.09. The van der Waals surface area contributed by atoms with Crippen LogP contribution >= 0.6 is 0 Å². The van der Waals surface area contributed by atoms with Gasteiger partial charge >= 0.3 is 0 Å². The van der Waals surface area contributed by atoms with Crippen LogP contribution in [0.2, 0.25) is 0 Å². The molecule has 1 aliphatic rings. The minimum absolute atomic E-state index is 0.0116. The number of methoxy groups -OCH3 is 1. The maximum absolute atomic E-state index is 12.8. The molecule has 0 spiro atoms. The quantitative estimate of drug-likeness (QED) is 0.600. The molecule has 1 aromatic rings. The lowest BCUT2D eigenvalue weighted by molar-refractivity contribution is -0.142. The van der Waals surface area contributed by atoms with Gasteiger partial charge < -0.3 is 9.47 Å². The summed E-state index contributed by atoms with van der Waals surface area (Å²) in [6.45, 7) is 7.48. The number of nitrogens with zero attached hydrogens (tertiary/aromatic N) is 2. The van der Waals surface area contributed by atoms with E-state index in [1.165, 1.54) is 0 Å². The number of hydrogen-bond acceptors (Lipinski definition) is 5. The number of benzene rings is 1. The van der Waals surface area contributed by atoms with E-state index < -0.39 is 11.8 Å². The number of carbonyl (C=O) groups excluding carboxylic acids is 2. The topological polar surface area (TPSA) is 79.6 Å². The molecule has 2 rings (SSSR count). The van der Waals surface area contributed by atoms with Gasteiger partial charge in [0.1, 0.15) is 11.6 Å². The summed E-state index contributed by atoms with van der Waals surface area (Å²) in [6, 6.07) is 6.89. The Morgan fingerprint density at radius 3 is 2.46 bits per heavy atom. The lowest BCUT2D eigenvalue weighted by Crippen LogP contribution is -2.46. The zero-order valence-corrected chi connectivity index (χ0v) is 15.6. The summed E-state index contributed by atoms with van der Waals surface area (Å²) in [7, 11) is 1.54. The van der Waals surface area contributed by atoms with Crippen LogP contribution in [0, 0.1) is 11.3 Å². The van der Waals surface area contributed by atoms with Gasteiger partial charge in [-0.2, -0.15) is 5.26 Å². The fourth-order valence-electron chi connectivity index (χ4n) is 2.78. The van der Waals surface area contributed by atoms with E-state index in [1.807, 2.05) is 13.0 Å². The first kappa shape index (κ1) is 19.3. The summed E-state index contributed by atoms with van der Waals surface area (Å²) in [5, 5.41) is 9.35. The molecule has 136 valence electrons. The Bertz CT molecular complexity index is 844. The van der Waals surface area contributed by atoms with Crippen LogP contribution in [0.1, 0.15) is 33.3 Å². The molecular weight excluding hydrogens is 332 g/mol. The summed E-state index contributed by atoms with van der Waals surface area (Å²) in [4.78, 5) is 26.3. The zero-order valence-electron chi connectivity index (χ0n) is 15.6. The predicted octanol–water partition coefficient (Wildman–Crippen LogP) is 3.09. The van der Waals surface area contributed by atoms with Gasteiger partial charge in [-0.1, -0.05) is 6.07 Å². The van der Waals surface area contributed by atoms with Crippen LogP contribution in [0.3, 0.4) is 0 Å². The first-order valence-corrected chi connectivity index (χ1v) is 8.37. The van der Waals surface area contributed by atoms with E-state index in [0.717, 1.165) is 4.90 Å². The van der Waals surface area contributed by atoms with E-state index >= 15 is 0 Å². The average molecular weight is 354 g/mol. The number of imide groups is 1. The van der Waals surface area contributed by atoms with Crippen molar-refractivity contribution in [1.29, 1.82) is 5.26 Å². The Hall–Kier alpha value is -3.07. The third kappa shape index (κ3) is 3.47. The molecule has 0 atom stereocenters. The molecule has 1 heterocycles. The fourth-order valence-corrected chi connectivity index (χ4v) is 2.78. The summed E-state index contributed by atoms with van der Waals surface area (Å²) in [5.74, 6) is 0.195. The van der Waals surface area contributed by atoms with E-state index in [-0.39, 0.29) is 11.6 Å². The van der Waals surface area contributed by atoms with E-state index in [0.29, 0.717) is 34.8 Å². The first-order chi connectivity index (χ1) is 12.3. The molecular formula is C20H22N2O4. The fraction of sp³-hybridized carbons (Fsp3) is 0.350. The van der Waals surface area contributed by atoms with Crippen LogP contribution in [-0.4, -0.2) is 36.5 Å². The summed E-state index contributed by atoms with van der Waals surface area (Å²) in [6.07, 6.45) is 1.66. The molecule has 0 radical (unpaired) electrons. The van der Waals surface area contributed by atoms with Crippen LogP contribution in [0.4, 0.5) is 0 Å². The summed E-state index contributed by atoms with van der Waals surface area (Å²) in [5.41, 5.74) is 1.40. The molecule has 0 fully saturated rings. The molecule has 0 N–H and O–H groups in total. The van der Waals surface area contributed by atoms with Gasteiger partial charge in [0.2, 0.25) is 0 Å². The third-order valence-electron chi connectivity index (χ3n) is 4.09. The minimum Gasteiger partial charge on any atom is -0.493 e. The number of amides is 2. The van der Waals surface area contributed by atoms with Gasteiger partial charge in [0.25, 0.3) is 11.8 Å². The highest BCUT2D eigenvalue weighted by atomic mass is 16.5. The Morgan fingerprint density at radius 1 is 1.23 bits per heavy atom. The van der Waals surface area contributed by atoms with Crippen LogP contribution in [0.25, 0.3) is 6.08 Å². The molecule has 1 aromatic carbocycles. The highest BCUT2D eigenvalue weighted by Gasteiger charge is 2.36. The van der Waals surface area contributed by atoms with Crippen molar-refractivity contribution >= 4 is 17.9 Å². The van der Waals surface area contributed by atoms with Crippen molar-refractivity contribution < 1.29 is 19.1 Å². The van der Waals surface area contributed by atoms with E-state index in [4.69, 9.17) is 9.47 Å². The standard InChI is InChI=1S/C20H22N2O4/c1-6-26-17-8-7-14(10-18(17)25-5)9-15-13(4)16(11-21)20(24)22(12(2)3)19(15)23/h7-10,12H,6H2,1-5H3/b15-9+. The van der Waals surface area contributed by atoms with Gasteiger partial charge in [0.15, 0.2) is 11.5 Å². The highest BCUT2D eigenvalue weighted by molar-refractivity contribution is 6.19. The second kappa shape index (κ2) is 7.87. The van der Waals surface area contributed by atoms with Crippen LogP contribution < -0.4 is 9.47 Å². The smallest absolute Gasteiger partial charge is 0.271 e. The number of hydrogen-bond donors (Lipinski definition) is 0. The lowest BCUT2D eigenvalue weighted by Gasteiger charge is -2.30. The van der Waals surface area contributed by atoms with Gasteiger partial charge in [-0.25, -0.2) is 0 Å². The van der Waals surface area contributed by atoms with Crippen molar-refractivity contribution in [3.05, 3.63) is 40.5 Å². The zero-order chi connectivity index (χ0) is 19.4. The molecule has 2 amide bonds. The van der Waals surface area contributed by atoms with Crippen LogP contribution in [0.5, 0.6) is 11.5 Å². The maximum Gasteiger partial charge on any atom is 0.271 e. The number of carbonyl (C=O) groups is 2. The normalized spacial score (nSPS) is 16.3. The van der Waals surface area contributed by atoms with Gasteiger partial charge in [0, 0.05) is 11.6 Å². The van der Waals surface area contributed by atoms with Crippen LogP contribution in [0.15, 0.2) is 34.9 Å².